The second-order valence-electron chi connectivity index (χ2n) is 6.46. The van der Waals surface area contributed by atoms with Crippen LogP contribution in [-0.4, -0.2) is 0 Å². The van der Waals surface area contributed by atoms with Gasteiger partial charge < -0.3 is 0 Å². The molecule has 0 heteroatoms. The molecule has 0 aliphatic rings. The summed E-state index contributed by atoms with van der Waals surface area (Å²) in [5.74, 6) is 0. The van der Waals surface area contributed by atoms with E-state index < -0.39 is 0 Å². The molecule has 0 aromatic heterocycles. The Bertz CT molecular complexity index is 590. The Hall–Kier alpha value is -1.56. The van der Waals surface area contributed by atoms with Crippen molar-refractivity contribution in [3.05, 3.63) is 68.8 Å². The quantitative estimate of drug-likeness (QED) is 0.672. The fourth-order valence-electron chi connectivity index (χ4n) is 3.23. The maximum atomic E-state index is 2.26. The van der Waals surface area contributed by atoms with Crippen LogP contribution in [0.25, 0.3) is 0 Å². The summed E-state index contributed by atoms with van der Waals surface area (Å²) >= 11 is 0. The Morgan fingerprint density at radius 1 is 0.524 bits per heavy atom. The topological polar surface area (TPSA) is 0 Å². The molecule has 0 amide bonds. The summed E-state index contributed by atoms with van der Waals surface area (Å²) < 4.78 is 0. The number of aryl methyl sites for hydroxylation is 4. The van der Waals surface area contributed by atoms with Crippen LogP contribution in [0.2, 0.25) is 0 Å². The first-order valence-corrected chi connectivity index (χ1v) is 8.03. The summed E-state index contributed by atoms with van der Waals surface area (Å²) in [5, 5.41) is 0. The number of benzene rings is 2. The van der Waals surface area contributed by atoms with Gasteiger partial charge in [-0.25, -0.2) is 0 Å². The molecule has 0 nitrogen and oxygen atoms in total. The molecule has 2 rings (SSSR count). The Morgan fingerprint density at radius 3 is 1.24 bits per heavy atom. The molecule has 0 aliphatic heterocycles. The highest BCUT2D eigenvalue weighted by Gasteiger charge is 2.08. The van der Waals surface area contributed by atoms with E-state index in [2.05, 4.69) is 65.8 Å². The minimum absolute atomic E-state index is 1.19. The Morgan fingerprint density at radius 2 is 0.857 bits per heavy atom. The Labute approximate surface area is 130 Å². The minimum Gasteiger partial charge on any atom is -0.0588 e. The highest BCUT2D eigenvalue weighted by molar-refractivity contribution is 5.41. The molecular weight excluding hydrogens is 252 g/mol. The van der Waals surface area contributed by atoms with Gasteiger partial charge in [0.25, 0.3) is 0 Å². The van der Waals surface area contributed by atoms with E-state index in [0.29, 0.717) is 0 Å². The van der Waals surface area contributed by atoms with Crippen LogP contribution in [0.1, 0.15) is 50.9 Å². The standard InChI is InChI=1S/C21H28/c1-14-10-12-16(3)20(18(14)5)8-7-9-21-17(4)13-11-15(2)19(21)6/h10-13H,7-9H2,1-6H3. The van der Waals surface area contributed by atoms with Crippen LogP contribution in [0, 0.1) is 41.5 Å². The van der Waals surface area contributed by atoms with Crippen molar-refractivity contribution >= 4 is 0 Å². The Kier molecular flexibility index (Phi) is 4.88. The third kappa shape index (κ3) is 3.37. The maximum absolute atomic E-state index is 2.26. The van der Waals surface area contributed by atoms with Gasteiger partial charge in [0, 0.05) is 0 Å². The summed E-state index contributed by atoms with van der Waals surface area (Å²) in [5.41, 5.74) is 11.8. The van der Waals surface area contributed by atoms with Gasteiger partial charge in [-0.3, -0.25) is 0 Å². The van der Waals surface area contributed by atoms with Gasteiger partial charge in [0.1, 0.15) is 0 Å². The molecule has 0 bridgehead atoms. The van der Waals surface area contributed by atoms with Crippen LogP contribution in [0.4, 0.5) is 0 Å². The zero-order valence-corrected chi connectivity index (χ0v) is 14.4. The fraction of sp³-hybridized carbons (Fsp3) is 0.429. The summed E-state index contributed by atoms with van der Waals surface area (Å²) in [6.07, 6.45) is 3.61. The van der Waals surface area contributed by atoms with Crippen LogP contribution in [-0.2, 0) is 12.8 Å². The van der Waals surface area contributed by atoms with Crippen molar-refractivity contribution in [1.29, 1.82) is 0 Å². The van der Waals surface area contributed by atoms with E-state index >= 15 is 0 Å². The average molecular weight is 280 g/mol. The zero-order valence-electron chi connectivity index (χ0n) is 14.4. The molecule has 2 aromatic carbocycles. The molecular formula is C21H28. The molecule has 0 radical (unpaired) electrons. The molecule has 0 saturated carbocycles. The lowest BCUT2D eigenvalue weighted by Gasteiger charge is -2.15. The molecule has 112 valence electrons. The highest BCUT2D eigenvalue weighted by atomic mass is 14.1. The lowest BCUT2D eigenvalue weighted by atomic mass is 9.91. The molecule has 0 fully saturated rings. The predicted octanol–water partition coefficient (Wildman–Crippen LogP) is 5.71. The molecule has 0 heterocycles. The zero-order chi connectivity index (χ0) is 15.6. The largest absolute Gasteiger partial charge is 0.0588 e. The molecule has 21 heavy (non-hydrogen) atoms. The monoisotopic (exact) mass is 280 g/mol. The molecule has 0 unspecified atom stereocenters. The minimum atomic E-state index is 1.19. The third-order valence-corrected chi connectivity index (χ3v) is 5.06. The van der Waals surface area contributed by atoms with E-state index in [1.807, 2.05) is 0 Å². The van der Waals surface area contributed by atoms with Crippen molar-refractivity contribution < 1.29 is 0 Å². The van der Waals surface area contributed by atoms with Crippen molar-refractivity contribution in [2.75, 3.05) is 0 Å². The first kappa shape index (κ1) is 15.8. The molecule has 0 atom stereocenters. The first-order valence-electron chi connectivity index (χ1n) is 8.03. The van der Waals surface area contributed by atoms with Crippen molar-refractivity contribution in [3.63, 3.8) is 0 Å². The summed E-state index contributed by atoms with van der Waals surface area (Å²) in [4.78, 5) is 0. The smallest absolute Gasteiger partial charge is 0.0270 e. The van der Waals surface area contributed by atoms with E-state index in [4.69, 9.17) is 0 Å². The first-order chi connectivity index (χ1) is 9.91. The summed E-state index contributed by atoms with van der Waals surface area (Å²) in [6, 6.07) is 9.01. The van der Waals surface area contributed by atoms with Gasteiger partial charge in [-0.2, -0.15) is 0 Å². The fourth-order valence-corrected chi connectivity index (χ4v) is 3.23. The summed E-state index contributed by atoms with van der Waals surface area (Å²) in [6.45, 7) is 13.4. The van der Waals surface area contributed by atoms with E-state index in [0.717, 1.165) is 0 Å². The van der Waals surface area contributed by atoms with E-state index in [-0.39, 0.29) is 0 Å². The van der Waals surface area contributed by atoms with Gasteiger partial charge in [-0.05, 0) is 105 Å². The lowest BCUT2D eigenvalue weighted by Crippen LogP contribution is -2.01. The summed E-state index contributed by atoms with van der Waals surface area (Å²) in [7, 11) is 0. The van der Waals surface area contributed by atoms with Crippen molar-refractivity contribution in [2.45, 2.75) is 60.8 Å². The second kappa shape index (κ2) is 6.47. The van der Waals surface area contributed by atoms with Crippen molar-refractivity contribution in [1.82, 2.24) is 0 Å². The average Bonchev–Trinajstić information content (AvgIpc) is 2.46. The van der Waals surface area contributed by atoms with Crippen LogP contribution >= 0.6 is 0 Å². The van der Waals surface area contributed by atoms with E-state index in [1.165, 1.54) is 52.6 Å². The van der Waals surface area contributed by atoms with Gasteiger partial charge in [0.05, 0.1) is 0 Å². The number of hydrogen-bond acceptors (Lipinski definition) is 0. The van der Waals surface area contributed by atoms with Gasteiger partial charge in [0.2, 0.25) is 0 Å². The number of hydrogen-bond donors (Lipinski definition) is 0. The van der Waals surface area contributed by atoms with Gasteiger partial charge in [0.15, 0.2) is 0 Å². The van der Waals surface area contributed by atoms with Crippen LogP contribution in [0.5, 0.6) is 0 Å². The van der Waals surface area contributed by atoms with E-state index in [1.54, 1.807) is 11.1 Å². The van der Waals surface area contributed by atoms with Gasteiger partial charge in [-0.15, -0.1) is 0 Å². The van der Waals surface area contributed by atoms with Gasteiger partial charge in [-0.1, -0.05) is 24.3 Å². The molecule has 0 aliphatic carbocycles. The predicted molar refractivity (Wildman–Crippen MR) is 93.3 cm³/mol. The maximum Gasteiger partial charge on any atom is -0.0270 e. The highest BCUT2D eigenvalue weighted by Crippen LogP contribution is 2.23. The Balaban J connectivity index is 2.13. The molecule has 0 N–H and O–H groups in total. The van der Waals surface area contributed by atoms with Crippen molar-refractivity contribution in [2.24, 2.45) is 0 Å². The van der Waals surface area contributed by atoms with Crippen LogP contribution in [0.15, 0.2) is 24.3 Å². The second-order valence-corrected chi connectivity index (χ2v) is 6.46. The molecule has 2 aromatic rings. The molecule has 0 saturated heterocycles. The van der Waals surface area contributed by atoms with Gasteiger partial charge >= 0.3 is 0 Å². The molecule has 0 spiro atoms. The van der Waals surface area contributed by atoms with Crippen LogP contribution in [0.3, 0.4) is 0 Å². The van der Waals surface area contributed by atoms with E-state index in [9.17, 15) is 0 Å². The van der Waals surface area contributed by atoms with Crippen molar-refractivity contribution in [3.8, 4) is 0 Å². The number of rotatable bonds is 4. The lowest BCUT2D eigenvalue weighted by molar-refractivity contribution is 0.800. The van der Waals surface area contributed by atoms with Crippen LogP contribution < -0.4 is 0 Å². The SMILES string of the molecule is Cc1ccc(C)c(CCCc2c(C)ccc(C)c2C)c1C. The third-order valence-electron chi connectivity index (χ3n) is 5.06. The normalized spacial score (nSPS) is 11.0.